The molecule has 0 radical (unpaired) electrons. The number of rotatable bonds is 4. The molecule has 0 aliphatic rings. The number of sulfonamides is 1. The van der Waals surface area contributed by atoms with Gasteiger partial charge in [-0.1, -0.05) is 15.9 Å². The summed E-state index contributed by atoms with van der Waals surface area (Å²) in [6.45, 7) is 0. The second-order valence-electron chi connectivity index (χ2n) is 4.55. The third-order valence-corrected chi connectivity index (χ3v) is 3.70. The molecule has 2 rings (SSSR count). The molecule has 5 nitrogen and oxygen atoms in total. The van der Waals surface area contributed by atoms with Gasteiger partial charge in [-0.2, -0.15) is 0 Å². The average Bonchev–Trinajstić information content (AvgIpc) is 2.35. The van der Waals surface area contributed by atoms with Gasteiger partial charge in [0.2, 0.25) is 10.0 Å². The largest absolute Gasteiger partial charge is 0.399 e. The molecule has 0 amide bonds. The number of nitrogens with one attached hydrogen (secondary N) is 1. The van der Waals surface area contributed by atoms with E-state index in [0.29, 0.717) is 22.5 Å². The Morgan fingerprint density at radius 3 is 2.24 bits per heavy atom. The van der Waals surface area contributed by atoms with Gasteiger partial charge in [0.1, 0.15) is 0 Å². The van der Waals surface area contributed by atoms with Crippen LogP contribution >= 0.6 is 15.9 Å². The minimum Gasteiger partial charge on any atom is -0.399 e. The van der Waals surface area contributed by atoms with Crippen molar-refractivity contribution in [3.63, 3.8) is 0 Å². The van der Waals surface area contributed by atoms with Crippen LogP contribution in [-0.4, -0.2) is 20.5 Å². The summed E-state index contributed by atoms with van der Waals surface area (Å²) in [5.74, 6) is -0.186. The van der Waals surface area contributed by atoms with E-state index >= 15 is 0 Å². The maximum Gasteiger partial charge on any atom is 0.229 e. The van der Waals surface area contributed by atoms with Gasteiger partial charge < -0.3 is 5.73 Å². The summed E-state index contributed by atoms with van der Waals surface area (Å²) in [7, 11) is -3.33. The van der Waals surface area contributed by atoms with Crippen molar-refractivity contribution in [3.8, 4) is 0 Å². The first-order valence-electron chi connectivity index (χ1n) is 5.93. The molecular formula is C14H13BrN2O3S. The highest BCUT2D eigenvalue weighted by Gasteiger charge is 2.11. The van der Waals surface area contributed by atoms with E-state index in [0.717, 1.165) is 10.7 Å². The van der Waals surface area contributed by atoms with E-state index in [-0.39, 0.29) is 5.78 Å². The SMILES string of the molecule is CS(=O)(=O)Nc1ccc(C(=O)c2cc(N)cc(Br)c2)cc1. The number of nitrogens with two attached hydrogens (primary N) is 1. The highest BCUT2D eigenvalue weighted by molar-refractivity contribution is 9.10. The van der Waals surface area contributed by atoms with Crippen molar-refractivity contribution in [3.05, 3.63) is 58.1 Å². The van der Waals surface area contributed by atoms with Crippen molar-refractivity contribution in [1.29, 1.82) is 0 Å². The van der Waals surface area contributed by atoms with Gasteiger partial charge in [-0.15, -0.1) is 0 Å². The summed E-state index contributed by atoms with van der Waals surface area (Å²) in [5.41, 5.74) is 7.52. The fraction of sp³-hybridized carbons (Fsp3) is 0.0714. The second kappa shape index (κ2) is 5.87. The summed E-state index contributed by atoms with van der Waals surface area (Å²) < 4.78 is 25.3. The molecule has 0 spiro atoms. The summed E-state index contributed by atoms with van der Waals surface area (Å²) in [4.78, 5) is 12.3. The third kappa shape index (κ3) is 4.30. The first kappa shape index (κ1) is 15.5. The van der Waals surface area contributed by atoms with Crippen LogP contribution in [0, 0.1) is 0 Å². The van der Waals surface area contributed by atoms with Crippen LogP contribution in [-0.2, 0) is 10.0 Å². The molecule has 2 aromatic carbocycles. The fourth-order valence-corrected chi connectivity index (χ4v) is 2.89. The molecule has 0 atom stereocenters. The minimum absolute atomic E-state index is 0.186. The lowest BCUT2D eigenvalue weighted by Gasteiger charge is -2.06. The van der Waals surface area contributed by atoms with Crippen molar-refractivity contribution < 1.29 is 13.2 Å². The molecule has 0 bridgehead atoms. The number of anilines is 2. The molecule has 0 heterocycles. The van der Waals surface area contributed by atoms with Crippen LogP contribution in [0.25, 0.3) is 0 Å². The van der Waals surface area contributed by atoms with Gasteiger partial charge >= 0.3 is 0 Å². The van der Waals surface area contributed by atoms with E-state index in [1.54, 1.807) is 30.3 Å². The second-order valence-corrected chi connectivity index (χ2v) is 7.22. The average molecular weight is 369 g/mol. The van der Waals surface area contributed by atoms with E-state index in [1.165, 1.54) is 12.1 Å². The molecule has 2 aromatic rings. The number of ketones is 1. The standard InChI is InChI=1S/C14H13BrN2O3S/c1-21(19,20)17-13-4-2-9(3-5-13)14(18)10-6-11(15)8-12(16)7-10/h2-8,17H,16H2,1H3. The smallest absolute Gasteiger partial charge is 0.229 e. The Morgan fingerprint density at radius 2 is 1.71 bits per heavy atom. The molecule has 3 N–H and O–H groups in total. The van der Waals surface area contributed by atoms with Crippen LogP contribution in [0.15, 0.2) is 46.9 Å². The number of halogens is 1. The van der Waals surface area contributed by atoms with Crippen LogP contribution in [0.1, 0.15) is 15.9 Å². The zero-order valence-electron chi connectivity index (χ0n) is 11.1. The number of benzene rings is 2. The number of hydrogen-bond donors (Lipinski definition) is 2. The van der Waals surface area contributed by atoms with E-state index < -0.39 is 10.0 Å². The van der Waals surface area contributed by atoms with E-state index in [4.69, 9.17) is 5.73 Å². The summed E-state index contributed by atoms with van der Waals surface area (Å²) in [5, 5.41) is 0. The van der Waals surface area contributed by atoms with Gasteiger partial charge in [0, 0.05) is 27.0 Å². The Bertz CT molecular complexity index is 766. The van der Waals surface area contributed by atoms with E-state index in [9.17, 15) is 13.2 Å². The monoisotopic (exact) mass is 368 g/mol. The van der Waals surface area contributed by atoms with E-state index in [2.05, 4.69) is 20.7 Å². The Morgan fingerprint density at radius 1 is 1.10 bits per heavy atom. The quantitative estimate of drug-likeness (QED) is 0.641. The van der Waals surface area contributed by atoms with Gasteiger partial charge in [-0.3, -0.25) is 9.52 Å². The predicted molar refractivity (Wildman–Crippen MR) is 86.9 cm³/mol. The zero-order valence-corrected chi connectivity index (χ0v) is 13.5. The first-order valence-corrected chi connectivity index (χ1v) is 8.62. The molecule has 0 aromatic heterocycles. The highest BCUT2D eigenvalue weighted by atomic mass is 79.9. The fourth-order valence-electron chi connectivity index (χ4n) is 1.81. The molecule has 21 heavy (non-hydrogen) atoms. The zero-order chi connectivity index (χ0) is 15.6. The van der Waals surface area contributed by atoms with Crippen LogP contribution in [0.5, 0.6) is 0 Å². The number of hydrogen-bond acceptors (Lipinski definition) is 4. The van der Waals surface area contributed by atoms with Gasteiger partial charge in [0.25, 0.3) is 0 Å². The Kier molecular flexibility index (Phi) is 4.34. The maximum atomic E-state index is 12.3. The normalized spacial score (nSPS) is 11.1. The van der Waals surface area contributed by atoms with Crippen LogP contribution in [0.4, 0.5) is 11.4 Å². The minimum atomic E-state index is -3.33. The number of carbonyl (C=O) groups excluding carboxylic acids is 1. The number of carbonyl (C=O) groups is 1. The van der Waals surface area contributed by atoms with Crippen molar-refractivity contribution in [1.82, 2.24) is 0 Å². The topological polar surface area (TPSA) is 89.3 Å². The molecule has 0 aliphatic heterocycles. The van der Waals surface area contributed by atoms with E-state index in [1.807, 2.05) is 0 Å². The molecule has 0 aliphatic carbocycles. The molecular weight excluding hydrogens is 356 g/mol. The van der Waals surface area contributed by atoms with Gasteiger partial charge in [0.15, 0.2) is 5.78 Å². The molecule has 0 saturated heterocycles. The highest BCUT2D eigenvalue weighted by Crippen LogP contribution is 2.20. The molecule has 0 saturated carbocycles. The molecule has 0 unspecified atom stereocenters. The summed E-state index contributed by atoms with van der Waals surface area (Å²) >= 11 is 3.29. The van der Waals surface area contributed by atoms with Crippen molar-refractivity contribution in [2.45, 2.75) is 0 Å². The predicted octanol–water partition coefficient (Wildman–Crippen LogP) is 2.63. The van der Waals surface area contributed by atoms with Gasteiger partial charge in [0.05, 0.1) is 6.26 Å². The van der Waals surface area contributed by atoms with Gasteiger partial charge in [-0.25, -0.2) is 8.42 Å². The van der Waals surface area contributed by atoms with Crippen LogP contribution in [0.2, 0.25) is 0 Å². The summed E-state index contributed by atoms with van der Waals surface area (Å²) in [6.07, 6.45) is 1.07. The van der Waals surface area contributed by atoms with Crippen molar-refractivity contribution >= 4 is 43.1 Å². The Balaban J connectivity index is 2.28. The van der Waals surface area contributed by atoms with Gasteiger partial charge in [-0.05, 0) is 42.5 Å². The summed E-state index contributed by atoms with van der Waals surface area (Å²) in [6, 6.07) is 11.2. The lowest BCUT2D eigenvalue weighted by atomic mass is 10.0. The molecule has 110 valence electrons. The van der Waals surface area contributed by atoms with Crippen LogP contribution < -0.4 is 10.5 Å². The Labute approximate surface area is 131 Å². The lowest BCUT2D eigenvalue weighted by Crippen LogP contribution is -2.09. The Hall–Kier alpha value is -1.86. The first-order chi connectivity index (χ1) is 9.74. The maximum absolute atomic E-state index is 12.3. The van der Waals surface area contributed by atoms with Crippen LogP contribution in [0.3, 0.4) is 0 Å². The molecule has 7 heteroatoms. The number of nitrogen functional groups attached to an aromatic ring is 1. The van der Waals surface area contributed by atoms with Crippen molar-refractivity contribution in [2.75, 3.05) is 16.7 Å². The lowest BCUT2D eigenvalue weighted by molar-refractivity contribution is 0.103. The van der Waals surface area contributed by atoms with Crippen molar-refractivity contribution in [2.24, 2.45) is 0 Å². The third-order valence-electron chi connectivity index (χ3n) is 2.63. The molecule has 0 fully saturated rings.